The molecule has 3 rings (SSSR count). The summed E-state index contributed by atoms with van der Waals surface area (Å²) in [5, 5.41) is 0.557. The van der Waals surface area contributed by atoms with Crippen LogP contribution in [0.25, 0.3) is 0 Å². The average molecular weight is 406 g/mol. The van der Waals surface area contributed by atoms with Crippen LogP contribution in [-0.2, 0) is 14.3 Å². The molecule has 0 saturated carbocycles. The highest BCUT2D eigenvalue weighted by Gasteiger charge is 2.43. The first-order valence-corrected chi connectivity index (χ1v) is 10.9. The summed E-state index contributed by atoms with van der Waals surface area (Å²) in [5.74, 6) is 0.436. The Morgan fingerprint density at radius 1 is 1.33 bits per heavy atom. The first-order valence-electron chi connectivity index (χ1n) is 9.34. The van der Waals surface area contributed by atoms with Crippen LogP contribution in [0.5, 0.6) is 0 Å². The quantitative estimate of drug-likeness (QED) is 0.503. The summed E-state index contributed by atoms with van der Waals surface area (Å²) in [5.41, 5.74) is 2.94. The third kappa shape index (κ3) is 4.30. The van der Waals surface area contributed by atoms with Crippen molar-refractivity contribution in [1.82, 2.24) is 0 Å². The second-order valence-corrected chi connectivity index (χ2v) is 8.53. The van der Waals surface area contributed by atoms with Gasteiger partial charge in [-0.25, -0.2) is 0 Å². The zero-order valence-electron chi connectivity index (χ0n) is 15.7. The van der Waals surface area contributed by atoms with Crippen LogP contribution in [0.2, 0.25) is 5.02 Å². The van der Waals surface area contributed by atoms with Gasteiger partial charge in [-0.3, -0.25) is 14.6 Å². The number of hydrogen-bond acceptors (Lipinski definition) is 5. The Morgan fingerprint density at radius 2 is 2.11 bits per heavy atom. The number of nitrogens with zero attached hydrogens (tertiary/aromatic N) is 1. The molecule has 1 heterocycles. The van der Waals surface area contributed by atoms with Gasteiger partial charge in [0.2, 0.25) is 0 Å². The van der Waals surface area contributed by atoms with Crippen molar-refractivity contribution in [1.29, 1.82) is 0 Å². The molecule has 144 valence electrons. The van der Waals surface area contributed by atoms with Crippen molar-refractivity contribution in [3.05, 3.63) is 46.1 Å². The van der Waals surface area contributed by atoms with E-state index >= 15 is 0 Å². The number of carbonyl (C=O) groups excluding carboxylic acids is 2. The summed E-state index contributed by atoms with van der Waals surface area (Å²) in [6, 6.07) is 7.43. The second-order valence-electron chi connectivity index (χ2n) is 6.73. The molecule has 27 heavy (non-hydrogen) atoms. The van der Waals surface area contributed by atoms with Gasteiger partial charge in [0.25, 0.3) is 0 Å². The number of ether oxygens (including phenoxy) is 1. The highest BCUT2D eigenvalue weighted by atomic mass is 35.5. The topological polar surface area (TPSA) is 55.7 Å². The maximum Gasteiger partial charge on any atom is 0.315 e. The van der Waals surface area contributed by atoms with E-state index in [9.17, 15) is 9.59 Å². The number of aliphatic imine (C=N–C) groups is 1. The molecule has 1 unspecified atom stereocenters. The lowest BCUT2D eigenvalue weighted by molar-refractivity contribution is -0.145. The molecule has 0 spiro atoms. The van der Waals surface area contributed by atoms with Gasteiger partial charge >= 0.3 is 5.97 Å². The summed E-state index contributed by atoms with van der Waals surface area (Å²) in [6.07, 6.45) is 2.05. The minimum absolute atomic E-state index is 0.0664. The lowest BCUT2D eigenvalue weighted by Crippen LogP contribution is -2.37. The molecule has 0 N–H and O–H groups in total. The van der Waals surface area contributed by atoms with E-state index in [0.29, 0.717) is 29.3 Å². The van der Waals surface area contributed by atoms with Crippen LogP contribution < -0.4 is 0 Å². The third-order valence-corrected chi connectivity index (χ3v) is 6.21. The molecule has 0 saturated heterocycles. The number of allylic oxidation sites excluding steroid dienone is 2. The third-order valence-electron chi connectivity index (χ3n) is 5.00. The van der Waals surface area contributed by atoms with Gasteiger partial charge in [0, 0.05) is 40.1 Å². The highest BCUT2D eigenvalue weighted by Crippen LogP contribution is 2.45. The normalized spacial score (nSPS) is 22.3. The molecule has 0 radical (unpaired) electrons. The van der Waals surface area contributed by atoms with Gasteiger partial charge in [0.15, 0.2) is 5.78 Å². The van der Waals surface area contributed by atoms with Gasteiger partial charge in [-0.15, -0.1) is 0 Å². The Hall–Kier alpha value is -1.59. The molecule has 1 aromatic carbocycles. The van der Waals surface area contributed by atoms with E-state index in [1.165, 1.54) is 0 Å². The average Bonchev–Trinajstić information content (AvgIpc) is 2.65. The first-order chi connectivity index (χ1) is 13.0. The van der Waals surface area contributed by atoms with Crippen molar-refractivity contribution in [3.8, 4) is 0 Å². The van der Waals surface area contributed by atoms with Crippen molar-refractivity contribution in [3.63, 3.8) is 0 Å². The van der Waals surface area contributed by atoms with Gasteiger partial charge in [-0.05, 0) is 37.1 Å². The molecule has 1 aromatic rings. The summed E-state index contributed by atoms with van der Waals surface area (Å²) in [7, 11) is 0. The fourth-order valence-electron chi connectivity index (χ4n) is 3.81. The largest absolute Gasteiger partial charge is 0.464 e. The Balaban J connectivity index is 1.99. The predicted octanol–water partition coefficient (Wildman–Crippen LogP) is 4.82. The fraction of sp³-hybridized carbons (Fsp3) is 0.476. The summed E-state index contributed by atoms with van der Waals surface area (Å²) in [4.78, 5) is 30.4. The number of halogens is 1. The second kappa shape index (κ2) is 9.07. The van der Waals surface area contributed by atoms with E-state index in [2.05, 4.69) is 11.9 Å². The van der Waals surface area contributed by atoms with Crippen LogP contribution in [0.3, 0.4) is 0 Å². The minimum atomic E-state index is -0.614. The molecule has 0 amide bonds. The number of ketones is 1. The number of rotatable bonds is 6. The van der Waals surface area contributed by atoms with E-state index in [0.717, 1.165) is 35.6 Å². The number of Topliss-reactive ketones (excluding diaryl/α,β-unsaturated/α-hetero) is 1. The van der Waals surface area contributed by atoms with Gasteiger partial charge in [0.1, 0.15) is 12.5 Å². The minimum Gasteiger partial charge on any atom is -0.464 e. The van der Waals surface area contributed by atoms with Crippen molar-refractivity contribution in [2.45, 2.75) is 39.0 Å². The van der Waals surface area contributed by atoms with Crippen molar-refractivity contribution in [2.75, 3.05) is 18.1 Å². The molecular weight excluding hydrogens is 382 g/mol. The van der Waals surface area contributed by atoms with Gasteiger partial charge in [-0.2, -0.15) is 11.8 Å². The zero-order chi connectivity index (χ0) is 19.4. The van der Waals surface area contributed by atoms with Crippen LogP contribution in [0, 0.1) is 5.92 Å². The standard InChI is InChI=1S/C21H24ClNO3S/c1-3-27-12-11-26-21(25)18-13(2)23-16-9-6-10-17(24)20(16)19(18)14-7-4-5-8-15(14)22/h4-5,7-8,18-19H,3,6,9-12H2,1-2H3/t18?,19-/m0/s1. The summed E-state index contributed by atoms with van der Waals surface area (Å²) >= 11 is 8.19. The van der Waals surface area contributed by atoms with Crippen LogP contribution in [0.4, 0.5) is 0 Å². The van der Waals surface area contributed by atoms with Crippen molar-refractivity contribution in [2.24, 2.45) is 10.9 Å². The first kappa shape index (κ1) is 20.2. The molecule has 2 atom stereocenters. The fourth-order valence-corrected chi connectivity index (χ4v) is 4.55. The Morgan fingerprint density at radius 3 is 2.85 bits per heavy atom. The SMILES string of the molecule is CCSCCOC(=O)C1C(C)=NC2=C(C(=O)CCC2)[C@H]1c1ccccc1Cl. The van der Waals surface area contributed by atoms with Gasteiger partial charge in [-0.1, -0.05) is 36.7 Å². The lowest BCUT2D eigenvalue weighted by Gasteiger charge is -2.34. The van der Waals surface area contributed by atoms with E-state index < -0.39 is 11.8 Å². The van der Waals surface area contributed by atoms with E-state index in [4.69, 9.17) is 16.3 Å². The number of carbonyl (C=O) groups is 2. The van der Waals surface area contributed by atoms with Crippen LogP contribution >= 0.6 is 23.4 Å². The lowest BCUT2D eigenvalue weighted by atomic mass is 9.72. The molecule has 2 aliphatic rings. The molecule has 0 aromatic heterocycles. The number of hydrogen-bond donors (Lipinski definition) is 0. The molecule has 6 heteroatoms. The molecule has 4 nitrogen and oxygen atoms in total. The molecule has 1 aliphatic heterocycles. The maximum absolute atomic E-state index is 13.0. The molecular formula is C21H24ClNO3S. The van der Waals surface area contributed by atoms with E-state index in [1.54, 1.807) is 17.8 Å². The Kier molecular flexibility index (Phi) is 6.77. The number of esters is 1. The van der Waals surface area contributed by atoms with E-state index in [1.807, 2.05) is 25.1 Å². The van der Waals surface area contributed by atoms with Crippen LogP contribution in [-0.4, -0.2) is 35.6 Å². The Bertz CT molecular complexity index is 802. The zero-order valence-corrected chi connectivity index (χ0v) is 17.2. The van der Waals surface area contributed by atoms with Crippen LogP contribution in [0.1, 0.15) is 44.6 Å². The van der Waals surface area contributed by atoms with Gasteiger partial charge < -0.3 is 4.74 Å². The van der Waals surface area contributed by atoms with Crippen LogP contribution in [0.15, 0.2) is 40.5 Å². The predicted molar refractivity (Wildman–Crippen MR) is 111 cm³/mol. The Labute approximate surface area is 169 Å². The highest BCUT2D eigenvalue weighted by molar-refractivity contribution is 7.99. The molecule has 0 fully saturated rings. The smallest absolute Gasteiger partial charge is 0.315 e. The monoisotopic (exact) mass is 405 g/mol. The molecule has 1 aliphatic carbocycles. The van der Waals surface area contributed by atoms with Gasteiger partial charge in [0.05, 0.1) is 0 Å². The van der Waals surface area contributed by atoms with Crippen molar-refractivity contribution < 1.29 is 14.3 Å². The summed E-state index contributed by atoms with van der Waals surface area (Å²) < 4.78 is 5.54. The van der Waals surface area contributed by atoms with Crippen molar-refractivity contribution >= 4 is 40.8 Å². The van der Waals surface area contributed by atoms with E-state index in [-0.39, 0.29) is 11.8 Å². The maximum atomic E-state index is 13.0. The number of benzene rings is 1. The molecule has 0 bridgehead atoms. The summed E-state index contributed by atoms with van der Waals surface area (Å²) in [6.45, 7) is 4.27. The number of thioether (sulfide) groups is 1.